The Balaban J connectivity index is 1.53. The van der Waals surface area contributed by atoms with Crippen molar-refractivity contribution in [1.82, 2.24) is 20.6 Å². The molecular weight excluding hydrogens is 447 g/mol. The first-order chi connectivity index (χ1) is 16.2. The molecule has 3 N–H and O–H groups in total. The predicted octanol–water partition coefficient (Wildman–Crippen LogP) is 4.77. The predicted molar refractivity (Wildman–Crippen MR) is 122 cm³/mol. The van der Waals surface area contributed by atoms with Crippen molar-refractivity contribution in [2.75, 3.05) is 13.1 Å². The van der Waals surface area contributed by atoms with Crippen molar-refractivity contribution in [3.8, 4) is 11.4 Å². The lowest BCUT2D eigenvalue weighted by molar-refractivity contribution is -0.384. The highest BCUT2D eigenvalue weighted by Gasteiger charge is 2.34. The number of nitro benzene ring substituents is 1. The SMILES string of the molecule is Cc1[nH]c(-c2ccc(C(F)(F)F)cc2)nc1CC1(NCc2cccc([N+](=O)[O-])c2)CCNCC1. The van der Waals surface area contributed by atoms with Gasteiger partial charge in [0.25, 0.3) is 5.69 Å². The second-order valence-electron chi connectivity index (χ2n) is 8.72. The number of rotatable bonds is 7. The number of halogens is 3. The van der Waals surface area contributed by atoms with Gasteiger partial charge in [-0.15, -0.1) is 0 Å². The van der Waals surface area contributed by atoms with Crippen LogP contribution in [-0.2, 0) is 19.1 Å². The molecule has 1 aliphatic heterocycles. The summed E-state index contributed by atoms with van der Waals surface area (Å²) in [6, 6.07) is 11.5. The van der Waals surface area contributed by atoms with Gasteiger partial charge in [0, 0.05) is 41.9 Å². The molecule has 0 atom stereocenters. The minimum atomic E-state index is -4.38. The Morgan fingerprint density at radius 2 is 1.85 bits per heavy atom. The number of non-ortho nitro benzene ring substituents is 1. The highest BCUT2D eigenvalue weighted by molar-refractivity contribution is 5.56. The minimum Gasteiger partial charge on any atom is -0.342 e. The Hall–Kier alpha value is -3.24. The number of aryl methyl sites for hydroxylation is 1. The molecule has 0 spiro atoms. The molecule has 10 heteroatoms. The van der Waals surface area contributed by atoms with Crippen LogP contribution in [0.1, 0.15) is 35.4 Å². The molecule has 1 saturated heterocycles. The summed E-state index contributed by atoms with van der Waals surface area (Å²) in [6.07, 6.45) is -2.05. The molecule has 0 unspecified atom stereocenters. The van der Waals surface area contributed by atoms with Gasteiger partial charge >= 0.3 is 6.18 Å². The molecule has 2 heterocycles. The lowest BCUT2D eigenvalue weighted by Crippen LogP contribution is -2.53. The van der Waals surface area contributed by atoms with Crippen molar-refractivity contribution in [2.24, 2.45) is 0 Å². The van der Waals surface area contributed by atoms with Crippen LogP contribution in [0.15, 0.2) is 48.5 Å². The average Bonchev–Trinajstić information content (AvgIpc) is 3.18. The number of hydrogen-bond acceptors (Lipinski definition) is 5. The van der Waals surface area contributed by atoms with E-state index in [0.29, 0.717) is 24.4 Å². The molecule has 0 saturated carbocycles. The van der Waals surface area contributed by atoms with Crippen LogP contribution in [0.25, 0.3) is 11.4 Å². The van der Waals surface area contributed by atoms with E-state index >= 15 is 0 Å². The van der Waals surface area contributed by atoms with Gasteiger partial charge in [0.2, 0.25) is 0 Å². The average molecular weight is 473 g/mol. The van der Waals surface area contributed by atoms with Gasteiger partial charge in [-0.2, -0.15) is 13.2 Å². The topological polar surface area (TPSA) is 95.9 Å². The second-order valence-corrected chi connectivity index (χ2v) is 8.72. The maximum absolute atomic E-state index is 12.9. The summed E-state index contributed by atoms with van der Waals surface area (Å²) in [5, 5.41) is 18.1. The molecule has 0 radical (unpaired) electrons. The molecule has 7 nitrogen and oxygen atoms in total. The zero-order valence-corrected chi connectivity index (χ0v) is 18.7. The maximum Gasteiger partial charge on any atom is 0.416 e. The Kier molecular flexibility index (Phi) is 6.72. The van der Waals surface area contributed by atoms with E-state index in [1.807, 2.05) is 13.0 Å². The van der Waals surface area contributed by atoms with Gasteiger partial charge in [-0.1, -0.05) is 24.3 Å². The number of aromatic amines is 1. The Bertz CT molecular complexity index is 1150. The normalized spacial score (nSPS) is 15.9. The number of hydrogen-bond donors (Lipinski definition) is 3. The fourth-order valence-corrected chi connectivity index (χ4v) is 4.33. The van der Waals surface area contributed by atoms with Crippen LogP contribution < -0.4 is 10.6 Å². The van der Waals surface area contributed by atoms with Gasteiger partial charge in [0.15, 0.2) is 0 Å². The van der Waals surface area contributed by atoms with Gasteiger partial charge in [0.1, 0.15) is 5.82 Å². The first-order valence-corrected chi connectivity index (χ1v) is 11.1. The molecular formula is C24H26F3N5O2. The number of benzene rings is 2. The number of alkyl halides is 3. The minimum absolute atomic E-state index is 0.0583. The van der Waals surface area contributed by atoms with Crippen molar-refractivity contribution >= 4 is 5.69 Å². The van der Waals surface area contributed by atoms with Crippen molar-refractivity contribution in [3.63, 3.8) is 0 Å². The Morgan fingerprint density at radius 1 is 1.15 bits per heavy atom. The van der Waals surface area contributed by atoms with E-state index in [-0.39, 0.29) is 11.2 Å². The van der Waals surface area contributed by atoms with Crippen LogP contribution in [0, 0.1) is 17.0 Å². The van der Waals surface area contributed by atoms with Crippen LogP contribution in [0.4, 0.5) is 18.9 Å². The van der Waals surface area contributed by atoms with Crippen LogP contribution in [-0.4, -0.2) is 33.5 Å². The van der Waals surface area contributed by atoms with Crippen molar-refractivity contribution < 1.29 is 18.1 Å². The van der Waals surface area contributed by atoms with E-state index < -0.39 is 16.7 Å². The van der Waals surface area contributed by atoms with Crippen molar-refractivity contribution in [1.29, 1.82) is 0 Å². The molecule has 180 valence electrons. The summed E-state index contributed by atoms with van der Waals surface area (Å²) in [7, 11) is 0. The van der Waals surface area contributed by atoms with E-state index in [2.05, 4.69) is 15.6 Å². The quantitative estimate of drug-likeness (QED) is 0.340. The van der Waals surface area contributed by atoms with E-state index in [9.17, 15) is 23.3 Å². The molecule has 2 aromatic carbocycles. The van der Waals surface area contributed by atoms with Gasteiger partial charge in [0.05, 0.1) is 16.2 Å². The summed E-state index contributed by atoms with van der Waals surface area (Å²) in [6.45, 7) is 4.05. The highest BCUT2D eigenvalue weighted by atomic mass is 19.4. The molecule has 1 aliphatic rings. The molecule has 0 bridgehead atoms. The summed E-state index contributed by atoms with van der Waals surface area (Å²) in [5.41, 5.74) is 2.24. The number of nitro groups is 1. The summed E-state index contributed by atoms with van der Waals surface area (Å²) in [5.74, 6) is 0.531. The number of imidazole rings is 1. The maximum atomic E-state index is 12.9. The number of H-pyrrole nitrogens is 1. The van der Waals surface area contributed by atoms with Gasteiger partial charge in [-0.05, 0) is 50.6 Å². The highest BCUT2D eigenvalue weighted by Crippen LogP contribution is 2.31. The summed E-state index contributed by atoms with van der Waals surface area (Å²) < 4.78 is 38.6. The fourth-order valence-electron chi connectivity index (χ4n) is 4.33. The lowest BCUT2D eigenvalue weighted by atomic mass is 9.83. The third-order valence-electron chi connectivity index (χ3n) is 6.33. The van der Waals surface area contributed by atoms with Gasteiger partial charge in [-0.25, -0.2) is 4.98 Å². The van der Waals surface area contributed by atoms with E-state index in [1.165, 1.54) is 18.2 Å². The largest absolute Gasteiger partial charge is 0.416 e. The van der Waals surface area contributed by atoms with Crippen molar-refractivity contribution in [2.45, 2.75) is 44.4 Å². The summed E-state index contributed by atoms with van der Waals surface area (Å²) >= 11 is 0. The molecule has 0 aliphatic carbocycles. The first kappa shape index (κ1) is 23.9. The Morgan fingerprint density at radius 3 is 2.50 bits per heavy atom. The standard InChI is InChI=1S/C24H26F3N5O2/c1-16-21(31-22(30-16)18-5-7-19(8-6-18)24(25,26)27)14-23(9-11-28-12-10-23)29-15-17-3-2-4-20(13-17)32(33)34/h2-8,13,28-29H,9-12,14-15H2,1H3,(H,30,31). The Labute approximate surface area is 195 Å². The monoisotopic (exact) mass is 473 g/mol. The van der Waals surface area contributed by atoms with Crippen LogP contribution in [0.2, 0.25) is 0 Å². The third-order valence-corrected chi connectivity index (χ3v) is 6.33. The lowest BCUT2D eigenvalue weighted by Gasteiger charge is -2.38. The molecule has 3 aromatic rings. The molecule has 34 heavy (non-hydrogen) atoms. The van der Waals surface area contributed by atoms with Gasteiger partial charge < -0.3 is 15.6 Å². The second kappa shape index (κ2) is 9.55. The smallest absolute Gasteiger partial charge is 0.342 e. The number of nitrogens with one attached hydrogen (secondary N) is 3. The van der Waals surface area contributed by atoms with E-state index in [4.69, 9.17) is 4.98 Å². The number of aromatic nitrogens is 2. The van der Waals surface area contributed by atoms with Crippen molar-refractivity contribution in [3.05, 3.63) is 81.2 Å². The number of piperidine rings is 1. The zero-order valence-electron chi connectivity index (χ0n) is 18.7. The molecule has 4 rings (SSSR count). The van der Waals surface area contributed by atoms with Crippen LogP contribution >= 0.6 is 0 Å². The molecule has 1 aromatic heterocycles. The number of nitrogens with zero attached hydrogens (tertiary/aromatic N) is 2. The zero-order chi connectivity index (χ0) is 24.3. The van der Waals surface area contributed by atoms with Crippen LogP contribution in [0.5, 0.6) is 0 Å². The van der Waals surface area contributed by atoms with Gasteiger partial charge in [-0.3, -0.25) is 10.1 Å². The van der Waals surface area contributed by atoms with E-state index in [1.54, 1.807) is 12.1 Å². The first-order valence-electron chi connectivity index (χ1n) is 11.1. The third kappa shape index (κ3) is 5.45. The van der Waals surface area contributed by atoms with E-state index in [0.717, 1.165) is 55.0 Å². The fraction of sp³-hybridized carbons (Fsp3) is 0.375. The molecule has 0 amide bonds. The molecule has 1 fully saturated rings. The summed E-state index contributed by atoms with van der Waals surface area (Å²) in [4.78, 5) is 18.6. The van der Waals surface area contributed by atoms with Crippen LogP contribution in [0.3, 0.4) is 0 Å².